The molecule has 3 rings (SSSR count). The molecule has 0 bridgehead atoms. The van der Waals surface area contributed by atoms with E-state index < -0.39 is 0 Å². The molecule has 7 nitrogen and oxygen atoms in total. The second kappa shape index (κ2) is 7.14. The monoisotopic (exact) mass is 348 g/mol. The first-order valence-corrected chi connectivity index (χ1v) is 9.28. The molecule has 0 unspecified atom stereocenters. The molecule has 2 aliphatic heterocycles. The lowest BCUT2D eigenvalue weighted by Gasteiger charge is -2.33. The molecule has 0 radical (unpaired) electrons. The second-order valence-electron chi connectivity index (χ2n) is 7.81. The minimum absolute atomic E-state index is 0.0849. The van der Waals surface area contributed by atoms with Crippen LogP contribution in [0.5, 0.6) is 0 Å². The normalized spacial score (nSPS) is 24.6. The van der Waals surface area contributed by atoms with Gasteiger partial charge in [0.05, 0.1) is 5.92 Å². The van der Waals surface area contributed by atoms with E-state index in [-0.39, 0.29) is 35.6 Å². The molecule has 2 aliphatic rings. The van der Waals surface area contributed by atoms with Crippen LogP contribution in [0, 0.1) is 5.92 Å². The number of piperidine rings is 1. The zero-order chi connectivity index (χ0) is 18.1. The summed E-state index contributed by atoms with van der Waals surface area (Å²) in [6, 6.07) is 0.146. The maximum absolute atomic E-state index is 12.9. The fourth-order valence-corrected chi connectivity index (χ4v) is 3.69. The Kier molecular flexibility index (Phi) is 5.11. The van der Waals surface area contributed by atoms with E-state index in [1.165, 1.54) is 0 Å². The van der Waals surface area contributed by atoms with Gasteiger partial charge in [-0.05, 0) is 26.7 Å². The third kappa shape index (κ3) is 3.70. The summed E-state index contributed by atoms with van der Waals surface area (Å²) in [7, 11) is 0. The average molecular weight is 348 g/mol. The molecular formula is C18H28N4O3. The van der Waals surface area contributed by atoms with Gasteiger partial charge in [0.2, 0.25) is 17.7 Å². The number of carbonyl (C=O) groups excluding carboxylic acids is 2. The van der Waals surface area contributed by atoms with Crippen LogP contribution >= 0.6 is 0 Å². The van der Waals surface area contributed by atoms with E-state index in [1.54, 1.807) is 4.90 Å². The molecular weight excluding hydrogens is 320 g/mol. The van der Waals surface area contributed by atoms with Gasteiger partial charge >= 0.3 is 0 Å². The van der Waals surface area contributed by atoms with E-state index in [9.17, 15) is 9.59 Å². The van der Waals surface area contributed by atoms with Crippen LogP contribution in [0.4, 0.5) is 0 Å². The van der Waals surface area contributed by atoms with Crippen LogP contribution in [-0.4, -0.2) is 57.4 Å². The third-order valence-electron chi connectivity index (χ3n) is 5.18. The fourth-order valence-electron chi connectivity index (χ4n) is 3.69. The van der Waals surface area contributed by atoms with E-state index >= 15 is 0 Å². The van der Waals surface area contributed by atoms with Crippen molar-refractivity contribution in [3.63, 3.8) is 0 Å². The number of carbonyl (C=O) groups is 2. The summed E-state index contributed by atoms with van der Waals surface area (Å²) < 4.78 is 5.31. The molecule has 0 spiro atoms. The van der Waals surface area contributed by atoms with Crippen LogP contribution in [-0.2, 0) is 9.59 Å². The Morgan fingerprint density at radius 1 is 1.24 bits per heavy atom. The van der Waals surface area contributed by atoms with Crippen LogP contribution in [0.15, 0.2) is 4.52 Å². The van der Waals surface area contributed by atoms with Crippen LogP contribution in [0.1, 0.15) is 70.5 Å². The summed E-state index contributed by atoms with van der Waals surface area (Å²) >= 11 is 0. The molecule has 25 heavy (non-hydrogen) atoms. The average Bonchev–Trinajstić information content (AvgIpc) is 3.21. The van der Waals surface area contributed by atoms with E-state index in [0.29, 0.717) is 31.2 Å². The highest BCUT2D eigenvalue weighted by Gasteiger charge is 2.39. The van der Waals surface area contributed by atoms with Crippen molar-refractivity contribution in [1.29, 1.82) is 0 Å². The largest absolute Gasteiger partial charge is 0.342 e. The number of amides is 2. The van der Waals surface area contributed by atoms with Crippen molar-refractivity contribution in [2.24, 2.45) is 5.92 Å². The van der Waals surface area contributed by atoms with Gasteiger partial charge in [-0.3, -0.25) is 9.59 Å². The first kappa shape index (κ1) is 17.9. The van der Waals surface area contributed by atoms with Crippen molar-refractivity contribution in [3.8, 4) is 0 Å². The van der Waals surface area contributed by atoms with Crippen molar-refractivity contribution in [3.05, 3.63) is 11.7 Å². The highest BCUT2D eigenvalue weighted by atomic mass is 16.5. The Balaban J connectivity index is 1.65. The lowest BCUT2D eigenvalue weighted by atomic mass is 9.95. The SMILES string of the molecule is CC(C)c1nc([C@H]2CCCN(C(=O)[C@H]3CC(=O)N(C(C)C)C3)C2)no1. The molecule has 3 heterocycles. The topological polar surface area (TPSA) is 79.5 Å². The molecule has 1 aromatic rings. The zero-order valence-corrected chi connectivity index (χ0v) is 15.6. The summed E-state index contributed by atoms with van der Waals surface area (Å²) in [6.07, 6.45) is 2.22. The summed E-state index contributed by atoms with van der Waals surface area (Å²) in [4.78, 5) is 33.2. The first-order chi connectivity index (χ1) is 11.9. The second-order valence-corrected chi connectivity index (χ2v) is 7.81. The Morgan fingerprint density at radius 3 is 2.60 bits per heavy atom. The van der Waals surface area contributed by atoms with Crippen LogP contribution in [0.2, 0.25) is 0 Å². The van der Waals surface area contributed by atoms with Gasteiger partial charge in [-0.2, -0.15) is 4.98 Å². The van der Waals surface area contributed by atoms with Gasteiger partial charge in [0, 0.05) is 43.9 Å². The highest BCUT2D eigenvalue weighted by molar-refractivity contribution is 5.89. The number of hydrogen-bond acceptors (Lipinski definition) is 5. The number of aromatic nitrogens is 2. The van der Waals surface area contributed by atoms with Gasteiger partial charge in [0.1, 0.15) is 0 Å². The lowest BCUT2D eigenvalue weighted by molar-refractivity contribution is -0.137. The fraction of sp³-hybridized carbons (Fsp3) is 0.778. The summed E-state index contributed by atoms with van der Waals surface area (Å²) in [6.45, 7) is 9.92. The minimum Gasteiger partial charge on any atom is -0.342 e. The smallest absolute Gasteiger partial charge is 0.229 e. The van der Waals surface area contributed by atoms with Gasteiger partial charge < -0.3 is 14.3 Å². The third-order valence-corrected chi connectivity index (χ3v) is 5.18. The predicted octanol–water partition coefficient (Wildman–Crippen LogP) is 2.16. The van der Waals surface area contributed by atoms with Crippen molar-refractivity contribution in [2.75, 3.05) is 19.6 Å². The highest BCUT2D eigenvalue weighted by Crippen LogP contribution is 2.29. The number of likely N-dealkylation sites (tertiary alicyclic amines) is 2. The number of hydrogen-bond donors (Lipinski definition) is 0. The van der Waals surface area contributed by atoms with Crippen LogP contribution < -0.4 is 0 Å². The molecule has 138 valence electrons. The Morgan fingerprint density at radius 2 is 2.00 bits per heavy atom. The van der Waals surface area contributed by atoms with Crippen molar-refractivity contribution in [1.82, 2.24) is 19.9 Å². The van der Waals surface area contributed by atoms with E-state index in [2.05, 4.69) is 10.1 Å². The molecule has 0 aliphatic carbocycles. The summed E-state index contributed by atoms with van der Waals surface area (Å²) in [5.74, 6) is 1.63. The Labute approximate surface area is 148 Å². The van der Waals surface area contributed by atoms with E-state index in [1.807, 2.05) is 32.6 Å². The minimum atomic E-state index is -0.217. The Bertz CT molecular complexity index is 640. The molecule has 2 saturated heterocycles. The van der Waals surface area contributed by atoms with Gasteiger partial charge in [-0.15, -0.1) is 0 Å². The molecule has 0 saturated carbocycles. The molecule has 0 N–H and O–H groups in total. The van der Waals surface area contributed by atoms with E-state index in [0.717, 1.165) is 19.4 Å². The van der Waals surface area contributed by atoms with Gasteiger partial charge in [0.15, 0.2) is 5.82 Å². The Hall–Kier alpha value is -1.92. The van der Waals surface area contributed by atoms with Gasteiger partial charge in [-0.1, -0.05) is 19.0 Å². The summed E-state index contributed by atoms with van der Waals surface area (Å²) in [5.41, 5.74) is 0. The van der Waals surface area contributed by atoms with E-state index in [4.69, 9.17) is 4.52 Å². The van der Waals surface area contributed by atoms with Crippen molar-refractivity contribution >= 4 is 11.8 Å². The molecule has 2 amide bonds. The zero-order valence-electron chi connectivity index (χ0n) is 15.6. The standard InChI is InChI=1S/C18H28N4O3/c1-11(2)17-19-16(20-25-17)13-6-5-7-21(9-13)18(24)14-8-15(23)22(10-14)12(3)4/h11-14H,5-10H2,1-4H3/t13-,14-/m0/s1. The van der Waals surface area contributed by atoms with Gasteiger partial charge in [-0.25, -0.2) is 0 Å². The van der Waals surface area contributed by atoms with Gasteiger partial charge in [0.25, 0.3) is 0 Å². The molecule has 7 heteroatoms. The number of nitrogens with zero attached hydrogens (tertiary/aromatic N) is 4. The molecule has 2 fully saturated rings. The van der Waals surface area contributed by atoms with Crippen LogP contribution in [0.3, 0.4) is 0 Å². The van der Waals surface area contributed by atoms with Crippen molar-refractivity contribution < 1.29 is 14.1 Å². The first-order valence-electron chi connectivity index (χ1n) is 9.28. The van der Waals surface area contributed by atoms with Crippen molar-refractivity contribution in [2.45, 2.75) is 64.8 Å². The maximum Gasteiger partial charge on any atom is 0.229 e. The van der Waals surface area contributed by atoms with Crippen LogP contribution in [0.25, 0.3) is 0 Å². The molecule has 0 aromatic carbocycles. The molecule has 1 aromatic heterocycles. The number of rotatable bonds is 4. The predicted molar refractivity (Wildman–Crippen MR) is 91.9 cm³/mol. The quantitative estimate of drug-likeness (QED) is 0.833. The summed E-state index contributed by atoms with van der Waals surface area (Å²) in [5, 5.41) is 4.11. The lowest BCUT2D eigenvalue weighted by Crippen LogP contribution is -2.43. The molecule has 2 atom stereocenters. The maximum atomic E-state index is 12.9.